The van der Waals surface area contributed by atoms with Crippen molar-refractivity contribution in [1.29, 1.82) is 0 Å². The van der Waals surface area contributed by atoms with Gasteiger partial charge in [0.25, 0.3) is 0 Å². The molecule has 0 radical (unpaired) electrons. The summed E-state index contributed by atoms with van der Waals surface area (Å²) >= 11 is 3.69. The standard InChI is InChI=1S/C17H18BrFO2/c1-10-8-12(9-11(2)17(10)19)16(18)15-13(20-3)6-5-7-14(15)21-4/h5-9,16H,1-4H3. The number of alkyl halides is 1. The second-order valence-corrected chi connectivity index (χ2v) is 5.82. The molecule has 0 heterocycles. The summed E-state index contributed by atoms with van der Waals surface area (Å²) in [4.78, 5) is -0.137. The van der Waals surface area contributed by atoms with Crippen LogP contribution in [0.15, 0.2) is 30.3 Å². The lowest BCUT2D eigenvalue weighted by molar-refractivity contribution is 0.386. The van der Waals surface area contributed by atoms with Crippen LogP contribution in [-0.2, 0) is 0 Å². The summed E-state index contributed by atoms with van der Waals surface area (Å²) in [6.07, 6.45) is 0. The summed E-state index contributed by atoms with van der Waals surface area (Å²) in [6.45, 7) is 3.54. The molecule has 0 aliphatic rings. The molecular weight excluding hydrogens is 335 g/mol. The van der Waals surface area contributed by atoms with Crippen LogP contribution in [0.2, 0.25) is 0 Å². The van der Waals surface area contributed by atoms with Crippen molar-refractivity contribution in [2.24, 2.45) is 0 Å². The average Bonchev–Trinajstić information content (AvgIpc) is 2.50. The van der Waals surface area contributed by atoms with Crippen LogP contribution in [0.1, 0.15) is 27.1 Å². The topological polar surface area (TPSA) is 18.5 Å². The average molecular weight is 353 g/mol. The molecule has 0 bridgehead atoms. The highest BCUT2D eigenvalue weighted by Crippen LogP contribution is 2.42. The van der Waals surface area contributed by atoms with Gasteiger partial charge in [0.15, 0.2) is 0 Å². The SMILES string of the molecule is COc1cccc(OC)c1C(Br)c1cc(C)c(F)c(C)c1. The Hall–Kier alpha value is -1.55. The van der Waals surface area contributed by atoms with Crippen LogP contribution in [0.4, 0.5) is 4.39 Å². The van der Waals surface area contributed by atoms with Crippen molar-refractivity contribution >= 4 is 15.9 Å². The highest BCUT2D eigenvalue weighted by molar-refractivity contribution is 9.09. The van der Waals surface area contributed by atoms with E-state index in [1.807, 2.05) is 30.3 Å². The first-order valence-corrected chi connectivity index (χ1v) is 7.52. The Bertz CT molecular complexity index is 610. The monoisotopic (exact) mass is 352 g/mol. The smallest absolute Gasteiger partial charge is 0.129 e. The number of hydrogen-bond donors (Lipinski definition) is 0. The Morgan fingerprint density at radius 2 is 1.48 bits per heavy atom. The van der Waals surface area contributed by atoms with Gasteiger partial charge in [-0.3, -0.25) is 0 Å². The lowest BCUT2D eigenvalue weighted by atomic mass is 9.99. The van der Waals surface area contributed by atoms with Gasteiger partial charge in [-0.05, 0) is 42.7 Å². The van der Waals surface area contributed by atoms with Crippen LogP contribution in [0.5, 0.6) is 11.5 Å². The van der Waals surface area contributed by atoms with Crippen LogP contribution in [-0.4, -0.2) is 14.2 Å². The molecule has 4 heteroatoms. The number of rotatable bonds is 4. The molecule has 21 heavy (non-hydrogen) atoms. The van der Waals surface area contributed by atoms with E-state index in [2.05, 4.69) is 15.9 Å². The normalized spacial score (nSPS) is 12.1. The minimum absolute atomic E-state index is 0.137. The molecule has 0 amide bonds. The zero-order chi connectivity index (χ0) is 15.6. The maximum Gasteiger partial charge on any atom is 0.129 e. The van der Waals surface area contributed by atoms with E-state index in [4.69, 9.17) is 9.47 Å². The number of aryl methyl sites for hydroxylation is 2. The number of ether oxygens (including phenoxy) is 2. The van der Waals surface area contributed by atoms with Crippen molar-refractivity contribution in [2.75, 3.05) is 14.2 Å². The first-order chi connectivity index (χ1) is 9.99. The van der Waals surface area contributed by atoms with Gasteiger partial charge >= 0.3 is 0 Å². The predicted octanol–water partition coefficient (Wildman–Crippen LogP) is 4.94. The van der Waals surface area contributed by atoms with Gasteiger partial charge in [0, 0.05) is 0 Å². The maximum atomic E-state index is 13.8. The number of halogens is 2. The molecule has 2 rings (SSSR count). The largest absolute Gasteiger partial charge is 0.496 e. The van der Waals surface area contributed by atoms with Crippen molar-refractivity contribution in [3.05, 3.63) is 58.4 Å². The van der Waals surface area contributed by atoms with Gasteiger partial charge in [0.05, 0.1) is 24.6 Å². The second kappa shape index (κ2) is 6.48. The zero-order valence-corrected chi connectivity index (χ0v) is 14.1. The highest BCUT2D eigenvalue weighted by Gasteiger charge is 2.21. The molecule has 0 N–H and O–H groups in total. The Balaban J connectivity index is 2.57. The highest BCUT2D eigenvalue weighted by atomic mass is 79.9. The summed E-state index contributed by atoms with van der Waals surface area (Å²) in [5.41, 5.74) is 3.12. The van der Waals surface area contributed by atoms with Crippen LogP contribution in [0.3, 0.4) is 0 Å². The molecule has 1 unspecified atom stereocenters. The number of hydrogen-bond acceptors (Lipinski definition) is 2. The summed E-state index contributed by atoms with van der Waals surface area (Å²) < 4.78 is 24.7. The van der Waals surface area contributed by atoms with E-state index in [0.29, 0.717) is 11.1 Å². The molecule has 2 nitrogen and oxygen atoms in total. The molecular formula is C17H18BrFO2. The summed E-state index contributed by atoms with van der Waals surface area (Å²) in [6, 6.07) is 9.33. The number of methoxy groups -OCH3 is 2. The van der Waals surface area contributed by atoms with E-state index >= 15 is 0 Å². The van der Waals surface area contributed by atoms with Gasteiger partial charge in [0.1, 0.15) is 17.3 Å². The fourth-order valence-electron chi connectivity index (χ4n) is 2.42. The van der Waals surface area contributed by atoms with Crippen molar-refractivity contribution in [2.45, 2.75) is 18.7 Å². The first-order valence-electron chi connectivity index (χ1n) is 6.61. The van der Waals surface area contributed by atoms with E-state index in [0.717, 1.165) is 22.6 Å². The Kier molecular flexibility index (Phi) is 4.88. The van der Waals surface area contributed by atoms with Crippen molar-refractivity contribution < 1.29 is 13.9 Å². The summed E-state index contributed by atoms with van der Waals surface area (Å²) in [5, 5.41) is 0. The molecule has 0 spiro atoms. The van der Waals surface area contributed by atoms with E-state index in [1.54, 1.807) is 28.1 Å². The molecule has 0 aliphatic heterocycles. The molecule has 0 aliphatic carbocycles. The Morgan fingerprint density at radius 3 is 1.90 bits per heavy atom. The van der Waals surface area contributed by atoms with Gasteiger partial charge in [0.2, 0.25) is 0 Å². The summed E-state index contributed by atoms with van der Waals surface area (Å²) in [5.74, 6) is 1.30. The maximum absolute atomic E-state index is 13.8. The van der Waals surface area contributed by atoms with Crippen molar-refractivity contribution in [3.8, 4) is 11.5 Å². The minimum atomic E-state index is -0.162. The van der Waals surface area contributed by atoms with E-state index < -0.39 is 0 Å². The number of benzene rings is 2. The van der Waals surface area contributed by atoms with Gasteiger partial charge in [-0.25, -0.2) is 4.39 Å². The van der Waals surface area contributed by atoms with E-state index in [-0.39, 0.29) is 10.6 Å². The molecule has 0 aromatic heterocycles. The van der Waals surface area contributed by atoms with E-state index in [9.17, 15) is 4.39 Å². The quantitative estimate of drug-likeness (QED) is 0.725. The second-order valence-electron chi connectivity index (χ2n) is 4.91. The van der Waals surface area contributed by atoms with Crippen molar-refractivity contribution in [3.63, 3.8) is 0 Å². The fraction of sp³-hybridized carbons (Fsp3) is 0.294. The lowest BCUT2D eigenvalue weighted by Gasteiger charge is -2.19. The van der Waals surface area contributed by atoms with Crippen molar-refractivity contribution in [1.82, 2.24) is 0 Å². The Labute approximate surface area is 133 Å². The molecule has 112 valence electrons. The molecule has 0 fully saturated rings. The third-order valence-corrected chi connectivity index (χ3v) is 4.46. The lowest BCUT2D eigenvalue weighted by Crippen LogP contribution is -2.02. The van der Waals surface area contributed by atoms with E-state index in [1.165, 1.54) is 0 Å². The van der Waals surface area contributed by atoms with Gasteiger partial charge < -0.3 is 9.47 Å². The predicted molar refractivity (Wildman–Crippen MR) is 86.2 cm³/mol. The molecule has 2 aromatic carbocycles. The van der Waals surface area contributed by atoms with Crippen LogP contribution in [0, 0.1) is 19.7 Å². The molecule has 2 aromatic rings. The third-order valence-electron chi connectivity index (χ3n) is 3.47. The third kappa shape index (κ3) is 3.05. The minimum Gasteiger partial charge on any atom is -0.496 e. The summed E-state index contributed by atoms with van der Waals surface area (Å²) in [7, 11) is 3.25. The van der Waals surface area contributed by atoms with Crippen LogP contribution >= 0.6 is 15.9 Å². The van der Waals surface area contributed by atoms with Gasteiger partial charge in [-0.1, -0.05) is 34.1 Å². The van der Waals surface area contributed by atoms with Gasteiger partial charge in [-0.15, -0.1) is 0 Å². The van der Waals surface area contributed by atoms with Gasteiger partial charge in [-0.2, -0.15) is 0 Å². The van der Waals surface area contributed by atoms with Crippen LogP contribution in [0.25, 0.3) is 0 Å². The fourth-order valence-corrected chi connectivity index (χ4v) is 3.14. The van der Waals surface area contributed by atoms with Crippen LogP contribution < -0.4 is 9.47 Å². The Morgan fingerprint density at radius 1 is 1.00 bits per heavy atom. The zero-order valence-electron chi connectivity index (χ0n) is 12.5. The molecule has 1 atom stereocenters. The first kappa shape index (κ1) is 15.8. The molecule has 0 saturated heterocycles. The molecule has 0 saturated carbocycles.